The van der Waals surface area contributed by atoms with Gasteiger partial charge >= 0.3 is 0 Å². The normalized spacial score (nSPS) is 16.7. The fraction of sp³-hybridized carbons (Fsp3) is 0.478. The lowest BCUT2D eigenvalue weighted by Gasteiger charge is -2.32. The number of benzene rings is 1. The van der Waals surface area contributed by atoms with E-state index in [0.29, 0.717) is 6.54 Å². The van der Waals surface area contributed by atoms with Gasteiger partial charge in [0.2, 0.25) is 0 Å². The molecule has 0 radical (unpaired) electrons. The molecule has 1 atom stereocenters. The fourth-order valence-electron chi connectivity index (χ4n) is 3.68. The van der Waals surface area contributed by atoms with Crippen molar-refractivity contribution >= 4 is 35.8 Å². The summed E-state index contributed by atoms with van der Waals surface area (Å²) < 4.78 is 5.60. The molecule has 3 rings (SSSR count). The molecular weight excluding hydrogens is 489 g/mol. The second-order valence-electron chi connectivity index (χ2n) is 7.75. The van der Waals surface area contributed by atoms with Crippen LogP contribution < -0.4 is 15.5 Å². The van der Waals surface area contributed by atoms with E-state index in [1.165, 1.54) is 16.7 Å². The second kappa shape index (κ2) is 12.1. The zero-order valence-electron chi connectivity index (χ0n) is 18.4. The molecule has 1 fully saturated rings. The number of ether oxygens (including phenoxy) is 1. The summed E-state index contributed by atoms with van der Waals surface area (Å²) in [5.41, 5.74) is 5.10. The molecule has 2 N–H and O–H groups in total. The number of hydrogen-bond acceptors (Lipinski definition) is 4. The van der Waals surface area contributed by atoms with Gasteiger partial charge in [-0.05, 0) is 44.4 Å². The van der Waals surface area contributed by atoms with Crippen LogP contribution in [0.2, 0.25) is 0 Å². The van der Waals surface area contributed by atoms with Gasteiger partial charge in [0.25, 0.3) is 0 Å². The largest absolute Gasteiger partial charge is 0.375 e. The van der Waals surface area contributed by atoms with Gasteiger partial charge in [0.1, 0.15) is 5.82 Å². The first-order valence-corrected chi connectivity index (χ1v) is 10.4. The highest BCUT2D eigenvalue weighted by molar-refractivity contribution is 14.0. The Hall–Kier alpha value is -1.87. The number of aromatic nitrogens is 1. The van der Waals surface area contributed by atoms with Crippen molar-refractivity contribution in [1.29, 1.82) is 0 Å². The molecule has 1 unspecified atom stereocenters. The molecule has 0 amide bonds. The van der Waals surface area contributed by atoms with Gasteiger partial charge in [0.05, 0.1) is 12.7 Å². The van der Waals surface area contributed by atoms with E-state index in [9.17, 15) is 0 Å². The van der Waals surface area contributed by atoms with Crippen molar-refractivity contribution in [2.75, 3.05) is 38.2 Å². The summed E-state index contributed by atoms with van der Waals surface area (Å²) in [6.45, 7) is 10.5. The number of guanidine groups is 1. The molecule has 1 saturated heterocycles. The minimum Gasteiger partial charge on any atom is -0.375 e. The quantitative estimate of drug-likeness (QED) is 0.345. The first-order chi connectivity index (χ1) is 14.0. The predicted octanol–water partition coefficient (Wildman–Crippen LogP) is 3.45. The van der Waals surface area contributed by atoms with Crippen LogP contribution in [-0.2, 0) is 17.7 Å². The highest BCUT2D eigenvalue weighted by Gasteiger charge is 2.17. The average molecular weight is 523 g/mol. The number of halogens is 1. The second-order valence-corrected chi connectivity index (χ2v) is 7.75. The van der Waals surface area contributed by atoms with Crippen molar-refractivity contribution in [1.82, 2.24) is 15.6 Å². The smallest absolute Gasteiger partial charge is 0.191 e. The number of pyridine rings is 1. The first kappa shape index (κ1) is 24.4. The first-order valence-electron chi connectivity index (χ1n) is 10.4. The molecule has 0 spiro atoms. The monoisotopic (exact) mass is 523 g/mol. The minimum atomic E-state index is 0. The molecule has 7 heteroatoms. The summed E-state index contributed by atoms with van der Waals surface area (Å²) in [7, 11) is 1.80. The van der Waals surface area contributed by atoms with Gasteiger partial charge in [0, 0.05) is 39.4 Å². The Balaban J connectivity index is 0.00000320. The van der Waals surface area contributed by atoms with Gasteiger partial charge in [0.15, 0.2) is 5.96 Å². The zero-order valence-corrected chi connectivity index (χ0v) is 20.8. The minimum absolute atomic E-state index is 0. The van der Waals surface area contributed by atoms with Crippen molar-refractivity contribution in [3.05, 3.63) is 58.8 Å². The molecule has 1 aliphatic rings. The van der Waals surface area contributed by atoms with Crippen molar-refractivity contribution in [2.45, 2.75) is 39.8 Å². The van der Waals surface area contributed by atoms with E-state index in [1.807, 2.05) is 6.20 Å². The summed E-state index contributed by atoms with van der Waals surface area (Å²) in [5.74, 6) is 1.82. The number of nitrogens with zero attached hydrogens (tertiary/aromatic N) is 3. The topological polar surface area (TPSA) is 61.8 Å². The third kappa shape index (κ3) is 7.43. The highest BCUT2D eigenvalue weighted by atomic mass is 127. The van der Waals surface area contributed by atoms with Crippen LogP contribution in [0.1, 0.15) is 29.2 Å². The van der Waals surface area contributed by atoms with Crippen molar-refractivity contribution in [3.63, 3.8) is 0 Å². The maximum absolute atomic E-state index is 5.60. The van der Waals surface area contributed by atoms with E-state index in [-0.39, 0.29) is 30.1 Å². The SMILES string of the molecule is CN=C(NCCc1cc(C)cc(C)c1)NCc1ccc(N2CCOC(C)C2)nc1.I. The molecule has 0 bridgehead atoms. The summed E-state index contributed by atoms with van der Waals surface area (Å²) >= 11 is 0. The van der Waals surface area contributed by atoms with Gasteiger partial charge in [-0.3, -0.25) is 4.99 Å². The number of aliphatic imine (C=N–C) groups is 1. The maximum atomic E-state index is 5.60. The summed E-state index contributed by atoms with van der Waals surface area (Å²) in [6.07, 6.45) is 3.16. The molecular formula is C23H34IN5O. The van der Waals surface area contributed by atoms with Crippen molar-refractivity contribution in [3.8, 4) is 0 Å². The Bertz CT molecular complexity index is 805. The van der Waals surface area contributed by atoms with Crippen molar-refractivity contribution < 1.29 is 4.74 Å². The Morgan fingerprint density at radius 2 is 1.93 bits per heavy atom. The van der Waals surface area contributed by atoms with Crippen LogP contribution in [0.25, 0.3) is 0 Å². The molecule has 6 nitrogen and oxygen atoms in total. The van der Waals surface area contributed by atoms with Crippen LogP contribution in [0.5, 0.6) is 0 Å². The maximum Gasteiger partial charge on any atom is 0.191 e. The molecule has 2 heterocycles. The van der Waals surface area contributed by atoms with Gasteiger partial charge in [-0.1, -0.05) is 35.4 Å². The van der Waals surface area contributed by atoms with E-state index in [1.54, 1.807) is 7.05 Å². The van der Waals surface area contributed by atoms with E-state index in [2.05, 4.69) is 76.6 Å². The Kier molecular flexibility index (Phi) is 9.84. The van der Waals surface area contributed by atoms with E-state index >= 15 is 0 Å². The number of nitrogens with one attached hydrogen (secondary N) is 2. The Labute approximate surface area is 197 Å². The number of hydrogen-bond donors (Lipinski definition) is 2. The van der Waals surface area contributed by atoms with Crippen LogP contribution in [0.15, 0.2) is 41.5 Å². The lowest BCUT2D eigenvalue weighted by molar-refractivity contribution is 0.0529. The van der Waals surface area contributed by atoms with E-state index < -0.39 is 0 Å². The third-order valence-corrected chi connectivity index (χ3v) is 5.05. The number of rotatable bonds is 6. The standard InChI is InChI=1S/C23H33N5O.HI/c1-17-11-18(2)13-20(12-17)7-8-25-23(24-4)27-15-21-5-6-22(26-14-21)28-9-10-29-19(3)16-28;/h5-6,11-14,19H,7-10,15-16H2,1-4H3,(H2,24,25,27);1H. The summed E-state index contributed by atoms with van der Waals surface area (Å²) in [5, 5.41) is 6.76. The fourth-order valence-corrected chi connectivity index (χ4v) is 3.68. The third-order valence-electron chi connectivity index (χ3n) is 5.05. The van der Waals surface area contributed by atoms with E-state index in [4.69, 9.17) is 4.74 Å². The lowest BCUT2D eigenvalue weighted by atomic mass is 10.1. The molecule has 1 aromatic carbocycles. The van der Waals surface area contributed by atoms with E-state index in [0.717, 1.165) is 50.0 Å². The number of anilines is 1. The van der Waals surface area contributed by atoms with Gasteiger partial charge in [-0.15, -0.1) is 24.0 Å². The van der Waals surface area contributed by atoms with Crippen LogP contribution in [0.4, 0.5) is 5.82 Å². The molecule has 2 aromatic rings. The zero-order chi connectivity index (χ0) is 20.6. The van der Waals surface area contributed by atoms with Crippen LogP contribution in [0.3, 0.4) is 0 Å². The van der Waals surface area contributed by atoms with Gasteiger partial charge in [-0.25, -0.2) is 4.98 Å². The molecule has 1 aromatic heterocycles. The highest BCUT2D eigenvalue weighted by Crippen LogP contribution is 2.15. The summed E-state index contributed by atoms with van der Waals surface area (Å²) in [6, 6.07) is 10.9. The molecule has 0 saturated carbocycles. The Morgan fingerprint density at radius 3 is 2.57 bits per heavy atom. The predicted molar refractivity (Wildman–Crippen MR) is 135 cm³/mol. The van der Waals surface area contributed by atoms with Crippen LogP contribution in [-0.4, -0.2) is 50.3 Å². The molecule has 1 aliphatic heterocycles. The number of aryl methyl sites for hydroxylation is 2. The van der Waals surface area contributed by atoms with Gasteiger partial charge in [-0.2, -0.15) is 0 Å². The van der Waals surface area contributed by atoms with Crippen LogP contribution in [0, 0.1) is 13.8 Å². The molecule has 0 aliphatic carbocycles. The summed E-state index contributed by atoms with van der Waals surface area (Å²) in [4.78, 5) is 11.2. The van der Waals surface area contributed by atoms with Crippen LogP contribution >= 0.6 is 24.0 Å². The average Bonchev–Trinajstić information content (AvgIpc) is 2.70. The van der Waals surface area contributed by atoms with Gasteiger partial charge < -0.3 is 20.3 Å². The Morgan fingerprint density at radius 1 is 1.17 bits per heavy atom. The van der Waals surface area contributed by atoms with Crippen molar-refractivity contribution in [2.24, 2.45) is 4.99 Å². The molecule has 164 valence electrons. The number of morpholine rings is 1. The lowest BCUT2D eigenvalue weighted by Crippen LogP contribution is -2.41. The molecule has 30 heavy (non-hydrogen) atoms.